The van der Waals surface area contributed by atoms with Gasteiger partial charge in [-0.15, -0.1) is 0 Å². The molecule has 4 heteroatoms. The minimum Gasteiger partial charge on any atom is -0.396 e. The molecule has 0 aromatic heterocycles. The first-order valence-corrected chi connectivity index (χ1v) is 6.85. The Morgan fingerprint density at radius 3 is 3.00 bits per heavy atom. The van der Waals surface area contributed by atoms with Crippen molar-refractivity contribution < 1.29 is 9.90 Å². The van der Waals surface area contributed by atoms with Gasteiger partial charge >= 0.3 is 0 Å². The molecule has 0 radical (unpaired) electrons. The van der Waals surface area contributed by atoms with Crippen molar-refractivity contribution in [3.05, 3.63) is 0 Å². The average Bonchev–Trinajstić information content (AvgIpc) is 3.03. The fourth-order valence-corrected chi connectivity index (χ4v) is 3.96. The molecule has 3 atom stereocenters. The Bertz CT molecular complexity index is 315. The van der Waals surface area contributed by atoms with Crippen molar-refractivity contribution in [1.82, 2.24) is 10.2 Å². The third kappa shape index (κ3) is 1.78. The van der Waals surface area contributed by atoms with E-state index in [1.807, 2.05) is 4.90 Å². The van der Waals surface area contributed by atoms with E-state index >= 15 is 0 Å². The Hall–Kier alpha value is -0.610. The van der Waals surface area contributed by atoms with Gasteiger partial charge in [0.2, 0.25) is 5.91 Å². The Balaban J connectivity index is 1.69. The number of carbonyl (C=O) groups excluding carboxylic acids is 1. The van der Waals surface area contributed by atoms with Crippen molar-refractivity contribution in [3.63, 3.8) is 0 Å². The number of nitrogens with zero attached hydrogens (tertiary/aromatic N) is 1. The van der Waals surface area contributed by atoms with E-state index in [-0.39, 0.29) is 17.9 Å². The molecule has 3 aliphatic rings. The minimum atomic E-state index is 0.0433. The van der Waals surface area contributed by atoms with Gasteiger partial charge < -0.3 is 15.3 Å². The fraction of sp³-hybridized carbons (Fsp3) is 0.923. The maximum atomic E-state index is 12.3. The van der Waals surface area contributed by atoms with Crippen LogP contribution in [0.4, 0.5) is 0 Å². The molecule has 96 valence electrons. The Morgan fingerprint density at radius 1 is 1.47 bits per heavy atom. The van der Waals surface area contributed by atoms with Gasteiger partial charge in [-0.25, -0.2) is 0 Å². The van der Waals surface area contributed by atoms with E-state index in [0.29, 0.717) is 11.8 Å². The van der Waals surface area contributed by atoms with Crippen LogP contribution in [0.25, 0.3) is 0 Å². The third-order valence-corrected chi connectivity index (χ3v) is 5.08. The van der Waals surface area contributed by atoms with Crippen LogP contribution in [0.1, 0.15) is 25.7 Å². The van der Waals surface area contributed by atoms with Crippen molar-refractivity contribution in [1.29, 1.82) is 0 Å². The van der Waals surface area contributed by atoms with E-state index in [2.05, 4.69) is 5.32 Å². The number of hydrogen-bond donors (Lipinski definition) is 2. The van der Waals surface area contributed by atoms with Crippen molar-refractivity contribution in [2.24, 2.45) is 17.3 Å². The number of likely N-dealkylation sites (tertiary alicyclic amines) is 1. The van der Waals surface area contributed by atoms with Crippen LogP contribution in [0.2, 0.25) is 0 Å². The molecule has 2 heterocycles. The monoisotopic (exact) mass is 238 g/mol. The first-order valence-electron chi connectivity index (χ1n) is 6.85. The molecule has 0 aromatic rings. The zero-order chi connectivity index (χ0) is 11.9. The standard InChI is InChI=1S/C13H22N2O2/c16-9-13-4-1-2-11(13)7-15(8-13)12(17)10-3-5-14-6-10/h10-11,14,16H,1-9H2/t10-,11-,13+/m1/s1. The molecule has 1 amide bonds. The minimum absolute atomic E-state index is 0.0433. The summed E-state index contributed by atoms with van der Waals surface area (Å²) in [5.41, 5.74) is 0.0433. The summed E-state index contributed by atoms with van der Waals surface area (Å²) in [6.45, 7) is 3.74. The number of aliphatic hydroxyl groups excluding tert-OH is 1. The van der Waals surface area contributed by atoms with Crippen LogP contribution in [0.5, 0.6) is 0 Å². The van der Waals surface area contributed by atoms with Crippen LogP contribution in [0.3, 0.4) is 0 Å². The maximum absolute atomic E-state index is 12.3. The molecule has 0 unspecified atom stereocenters. The first kappa shape index (κ1) is 11.5. The Kier molecular flexibility index (Phi) is 2.87. The second kappa shape index (κ2) is 4.25. The zero-order valence-electron chi connectivity index (χ0n) is 10.3. The van der Waals surface area contributed by atoms with E-state index in [0.717, 1.165) is 39.0 Å². The highest BCUT2D eigenvalue weighted by molar-refractivity contribution is 5.79. The number of carbonyl (C=O) groups is 1. The molecular weight excluding hydrogens is 216 g/mol. The van der Waals surface area contributed by atoms with Crippen LogP contribution in [0.15, 0.2) is 0 Å². The van der Waals surface area contributed by atoms with Crippen LogP contribution in [-0.2, 0) is 4.79 Å². The zero-order valence-corrected chi connectivity index (χ0v) is 10.3. The predicted molar refractivity (Wildman–Crippen MR) is 64.4 cm³/mol. The molecule has 1 saturated carbocycles. The fourth-order valence-electron chi connectivity index (χ4n) is 3.96. The van der Waals surface area contributed by atoms with Crippen LogP contribution < -0.4 is 5.32 Å². The Labute approximate surface area is 102 Å². The summed E-state index contributed by atoms with van der Waals surface area (Å²) < 4.78 is 0. The molecule has 3 fully saturated rings. The summed E-state index contributed by atoms with van der Waals surface area (Å²) >= 11 is 0. The van der Waals surface area contributed by atoms with E-state index in [1.54, 1.807) is 0 Å². The normalized spacial score (nSPS) is 40.9. The molecule has 1 aliphatic carbocycles. The number of amides is 1. The van der Waals surface area contributed by atoms with Gasteiger partial charge in [-0.2, -0.15) is 0 Å². The molecule has 2 saturated heterocycles. The molecule has 0 bridgehead atoms. The van der Waals surface area contributed by atoms with Gasteiger partial charge in [-0.1, -0.05) is 6.42 Å². The largest absolute Gasteiger partial charge is 0.396 e. The van der Waals surface area contributed by atoms with Crippen molar-refractivity contribution >= 4 is 5.91 Å². The molecule has 17 heavy (non-hydrogen) atoms. The average molecular weight is 238 g/mol. The molecule has 3 rings (SSSR count). The lowest BCUT2D eigenvalue weighted by Gasteiger charge is -2.26. The van der Waals surface area contributed by atoms with Crippen molar-refractivity contribution in [2.45, 2.75) is 25.7 Å². The SMILES string of the molecule is O=C([C@@H]1CCNC1)N1C[C@H]2CCC[C@@]2(CO)C1. The number of fused-ring (bicyclic) bond motifs is 1. The number of aliphatic hydroxyl groups is 1. The summed E-state index contributed by atoms with van der Waals surface area (Å²) in [5.74, 6) is 1.05. The summed E-state index contributed by atoms with van der Waals surface area (Å²) in [6, 6.07) is 0. The summed E-state index contributed by atoms with van der Waals surface area (Å²) in [6.07, 6.45) is 4.48. The molecule has 4 nitrogen and oxygen atoms in total. The number of hydrogen-bond acceptors (Lipinski definition) is 3. The highest BCUT2D eigenvalue weighted by atomic mass is 16.3. The lowest BCUT2D eigenvalue weighted by atomic mass is 9.82. The van der Waals surface area contributed by atoms with Gasteiger partial charge in [0.1, 0.15) is 0 Å². The summed E-state index contributed by atoms with van der Waals surface area (Å²) in [5, 5.41) is 12.9. The van der Waals surface area contributed by atoms with Gasteiger partial charge in [0.05, 0.1) is 12.5 Å². The maximum Gasteiger partial charge on any atom is 0.227 e. The molecule has 2 N–H and O–H groups in total. The van der Waals surface area contributed by atoms with E-state index in [1.165, 1.54) is 12.8 Å². The number of nitrogens with one attached hydrogen (secondary N) is 1. The second-order valence-corrected chi connectivity index (χ2v) is 6.02. The topological polar surface area (TPSA) is 52.6 Å². The van der Waals surface area contributed by atoms with Gasteiger partial charge in [0, 0.05) is 25.0 Å². The Morgan fingerprint density at radius 2 is 2.35 bits per heavy atom. The van der Waals surface area contributed by atoms with Gasteiger partial charge in [0.25, 0.3) is 0 Å². The van der Waals surface area contributed by atoms with Gasteiger partial charge in [-0.05, 0) is 31.7 Å². The second-order valence-electron chi connectivity index (χ2n) is 6.02. The van der Waals surface area contributed by atoms with Gasteiger partial charge in [0.15, 0.2) is 0 Å². The van der Waals surface area contributed by atoms with Gasteiger partial charge in [-0.3, -0.25) is 4.79 Å². The van der Waals surface area contributed by atoms with Crippen molar-refractivity contribution in [3.8, 4) is 0 Å². The molecule has 0 aromatic carbocycles. The quantitative estimate of drug-likeness (QED) is 0.723. The number of rotatable bonds is 2. The molecule has 0 spiro atoms. The first-order chi connectivity index (χ1) is 8.25. The molecule has 2 aliphatic heterocycles. The third-order valence-electron chi connectivity index (χ3n) is 5.08. The highest BCUT2D eigenvalue weighted by Gasteiger charge is 2.50. The summed E-state index contributed by atoms with van der Waals surface area (Å²) in [4.78, 5) is 14.4. The van der Waals surface area contributed by atoms with E-state index in [9.17, 15) is 9.90 Å². The van der Waals surface area contributed by atoms with E-state index < -0.39 is 0 Å². The predicted octanol–water partition coefficient (Wildman–Crippen LogP) is 0.217. The van der Waals surface area contributed by atoms with Crippen LogP contribution >= 0.6 is 0 Å². The lowest BCUT2D eigenvalue weighted by molar-refractivity contribution is -0.134. The smallest absolute Gasteiger partial charge is 0.227 e. The highest BCUT2D eigenvalue weighted by Crippen LogP contribution is 2.48. The van der Waals surface area contributed by atoms with E-state index in [4.69, 9.17) is 0 Å². The van der Waals surface area contributed by atoms with Crippen molar-refractivity contribution in [2.75, 3.05) is 32.8 Å². The summed E-state index contributed by atoms with van der Waals surface area (Å²) in [7, 11) is 0. The lowest BCUT2D eigenvalue weighted by Crippen LogP contribution is -2.38. The molecular formula is C13H22N2O2. The van der Waals surface area contributed by atoms with Crippen LogP contribution in [0, 0.1) is 17.3 Å². The van der Waals surface area contributed by atoms with Crippen LogP contribution in [-0.4, -0.2) is 48.7 Å².